The molecule has 0 radical (unpaired) electrons. The van der Waals surface area contributed by atoms with Gasteiger partial charge in [0.25, 0.3) is 0 Å². The van der Waals surface area contributed by atoms with Gasteiger partial charge >= 0.3 is 0 Å². The molecule has 2 aliphatic heterocycles. The second-order valence-electron chi connectivity index (χ2n) is 14.7. The third-order valence-corrected chi connectivity index (χ3v) is 10.4. The van der Waals surface area contributed by atoms with Crippen molar-refractivity contribution in [2.75, 3.05) is 26.4 Å². The molecule has 0 fully saturated rings. The Hall–Kier alpha value is -7.74. The summed E-state index contributed by atoms with van der Waals surface area (Å²) in [5.41, 5.74) is 4.10. The van der Waals surface area contributed by atoms with Gasteiger partial charge in [0.1, 0.15) is 88.2 Å². The van der Waals surface area contributed by atoms with Crippen LogP contribution in [0.4, 0.5) is 28.4 Å². The number of nitrogens with one attached hydrogen (secondary N) is 1. The predicted octanol–water partition coefficient (Wildman–Crippen LogP) is 12.4. The third kappa shape index (κ3) is 12.0. The fourth-order valence-electron chi connectivity index (χ4n) is 6.57. The molecular formula is C51H48N6O6. The normalized spacial score (nSPS) is 16.0. The van der Waals surface area contributed by atoms with Gasteiger partial charge in [-0.15, -0.1) is 0 Å². The fourth-order valence-corrected chi connectivity index (χ4v) is 6.57. The number of para-hydroxylation sites is 11. The zero-order chi connectivity index (χ0) is 43.6. The highest BCUT2D eigenvalue weighted by Gasteiger charge is 2.30. The van der Waals surface area contributed by atoms with Crippen LogP contribution in [0.1, 0.15) is 25.8 Å². The van der Waals surface area contributed by atoms with Gasteiger partial charge in [0.05, 0.1) is 19.2 Å². The molecule has 318 valence electrons. The number of aryl methyl sites for hydroxylation is 1. The quantitative estimate of drug-likeness (QED) is 0.144. The van der Waals surface area contributed by atoms with Crippen LogP contribution in [0.3, 0.4) is 0 Å². The van der Waals surface area contributed by atoms with Gasteiger partial charge in [-0.3, -0.25) is 0 Å². The van der Waals surface area contributed by atoms with E-state index in [1.165, 1.54) is 0 Å². The number of hydrogen-bond acceptors (Lipinski definition) is 12. The monoisotopic (exact) mass is 840 g/mol. The summed E-state index contributed by atoms with van der Waals surface area (Å²) in [6.07, 6.45) is -0.220. The predicted molar refractivity (Wildman–Crippen MR) is 245 cm³/mol. The van der Waals surface area contributed by atoms with Gasteiger partial charge in [0.15, 0.2) is 12.2 Å². The number of nitrogens with zero attached hydrogens (tertiary/aromatic N) is 5. The van der Waals surface area contributed by atoms with Gasteiger partial charge < -0.3 is 28.4 Å². The number of ether oxygens (including phenoxy) is 6. The van der Waals surface area contributed by atoms with Crippen molar-refractivity contribution in [3.63, 3.8) is 0 Å². The van der Waals surface area contributed by atoms with Crippen molar-refractivity contribution >= 4 is 46.5 Å². The van der Waals surface area contributed by atoms with Gasteiger partial charge in [-0.25, -0.2) is 5.41 Å². The van der Waals surface area contributed by atoms with Crippen molar-refractivity contribution in [1.82, 2.24) is 0 Å². The van der Waals surface area contributed by atoms with Crippen molar-refractivity contribution in [3.05, 3.63) is 151 Å². The van der Waals surface area contributed by atoms with E-state index in [0.29, 0.717) is 59.4 Å². The van der Waals surface area contributed by atoms with Crippen molar-refractivity contribution in [2.45, 2.75) is 39.4 Å². The standard InChI is InChI=1S/C31H26N4O4.C20H22N2O2/c1-22-10-2-6-14-26(22)36-18-30(38-28-16-8-4-12-24(28)33-20-32)31-19-37-27-15-7-3-11-23(27)34-21-35-25-13-5-9-17-29(25)39-31;1-3-15(2)16-12-23-19-10-6-4-8-17(19)21-14-22-18-9-5-7-11-20(18)24-13-16/h2-17,30-32H,18-19H2,1H3;4-11,15-16H,3,12-13H2,1-2H3. The lowest BCUT2D eigenvalue weighted by Gasteiger charge is -2.29. The first-order chi connectivity index (χ1) is 31.0. The molecule has 3 unspecified atom stereocenters. The molecule has 0 spiro atoms. The Labute approximate surface area is 367 Å². The van der Waals surface area contributed by atoms with Gasteiger partial charge in [0, 0.05) is 5.92 Å². The third-order valence-electron chi connectivity index (χ3n) is 10.4. The minimum atomic E-state index is -0.655. The van der Waals surface area contributed by atoms with Crippen LogP contribution < -0.4 is 28.4 Å². The highest BCUT2D eigenvalue weighted by Crippen LogP contribution is 2.35. The van der Waals surface area contributed by atoms with Crippen molar-refractivity contribution in [2.24, 2.45) is 36.8 Å². The maximum Gasteiger partial charge on any atom is 0.173 e. The summed E-state index contributed by atoms with van der Waals surface area (Å²) >= 11 is 0. The van der Waals surface area contributed by atoms with Crippen LogP contribution in [0, 0.1) is 24.2 Å². The zero-order valence-electron chi connectivity index (χ0n) is 35.4. The Bertz CT molecular complexity index is 2590. The van der Waals surface area contributed by atoms with Crippen LogP contribution in [-0.2, 0) is 0 Å². The average Bonchev–Trinajstić information content (AvgIpc) is 3.35. The molecule has 8 rings (SSSR count). The van der Waals surface area contributed by atoms with Crippen LogP contribution in [-0.4, -0.2) is 56.7 Å². The lowest BCUT2D eigenvalue weighted by molar-refractivity contribution is -0.000276. The molecule has 0 aromatic heterocycles. The first kappa shape index (κ1) is 43.4. The summed E-state index contributed by atoms with van der Waals surface area (Å²) in [7, 11) is 0. The summed E-state index contributed by atoms with van der Waals surface area (Å²) in [6.45, 7) is 7.87. The molecule has 2 heterocycles. The largest absolute Gasteiger partial charge is 0.491 e. The average molecular weight is 841 g/mol. The summed E-state index contributed by atoms with van der Waals surface area (Å²) in [5.74, 6) is 4.58. The second-order valence-corrected chi connectivity index (χ2v) is 14.7. The van der Waals surface area contributed by atoms with E-state index in [4.69, 9.17) is 33.8 Å². The SMILES string of the molecule is CCC(C)C1COc2ccccc2N=C=Nc2ccccc2OC1.Cc1ccccc1OCC(Oc1ccccc1N=C=N)C1COc2ccccc2N=C=Nc2ccccc2O1. The lowest BCUT2D eigenvalue weighted by Crippen LogP contribution is -2.44. The molecule has 0 saturated heterocycles. The summed E-state index contributed by atoms with van der Waals surface area (Å²) < 4.78 is 37.5. The molecule has 6 aromatic carbocycles. The highest BCUT2D eigenvalue weighted by molar-refractivity contribution is 5.66. The van der Waals surface area contributed by atoms with E-state index in [0.717, 1.165) is 40.6 Å². The Morgan fingerprint density at radius 1 is 0.635 bits per heavy atom. The molecule has 12 heteroatoms. The van der Waals surface area contributed by atoms with Gasteiger partial charge in [-0.1, -0.05) is 99.1 Å². The maximum atomic E-state index is 7.33. The molecule has 12 nitrogen and oxygen atoms in total. The molecule has 3 atom stereocenters. The Morgan fingerprint density at radius 2 is 1.10 bits per heavy atom. The van der Waals surface area contributed by atoms with Crippen molar-refractivity contribution < 1.29 is 28.4 Å². The molecule has 0 saturated carbocycles. The first-order valence-corrected chi connectivity index (χ1v) is 20.8. The van der Waals surface area contributed by atoms with E-state index in [9.17, 15) is 0 Å². The molecule has 0 aliphatic carbocycles. The van der Waals surface area contributed by atoms with Crippen molar-refractivity contribution in [3.8, 4) is 34.5 Å². The Morgan fingerprint density at radius 3 is 1.63 bits per heavy atom. The van der Waals surface area contributed by atoms with Crippen LogP contribution >= 0.6 is 0 Å². The number of fused-ring (bicyclic) bond motifs is 4. The minimum absolute atomic E-state index is 0.124. The minimum Gasteiger partial charge on any atom is -0.491 e. The second kappa shape index (κ2) is 22.2. The first-order valence-electron chi connectivity index (χ1n) is 20.8. The van der Waals surface area contributed by atoms with E-state index < -0.39 is 12.2 Å². The maximum absolute atomic E-state index is 7.33. The molecule has 2 aliphatic rings. The number of aliphatic imine (C=N–C) groups is 5. The smallest absolute Gasteiger partial charge is 0.173 e. The Kier molecular flexibility index (Phi) is 15.3. The number of hydrogen-bond donors (Lipinski definition) is 1. The van der Waals surface area contributed by atoms with Crippen LogP contribution in [0.5, 0.6) is 34.5 Å². The van der Waals surface area contributed by atoms with Crippen LogP contribution in [0.2, 0.25) is 0 Å². The fraction of sp³-hybridized carbons (Fsp3) is 0.235. The molecule has 0 amide bonds. The molecule has 0 bridgehead atoms. The van der Waals surface area contributed by atoms with E-state index in [1.807, 2.05) is 140 Å². The van der Waals surface area contributed by atoms with E-state index in [1.54, 1.807) is 12.1 Å². The zero-order valence-corrected chi connectivity index (χ0v) is 35.4. The number of benzene rings is 6. The summed E-state index contributed by atoms with van der Waals surface area (Å²) in [5, 5.41) is 7.33. The van der Waals surface area contributed by atoms with Gasteiger partial charge in [-0.2, -0.15) is 25.0 Å². The van der Waals surface area contributed by atoms with E-state index >= 15 is 0 Å². The lowest BCUT2D eigenvalue weighted by atomic mass is 9.93. The van der Waals surface area contributed by atoms with Crippen LogP contribution in [0.15, 0.2) is 171 Å². The highest BCUT2D eigenvalue weighted by atomic mass is 16.6. The summed E-state index contributed by atoms with van der Waals surface area (Å²) in [6, 6.07) is 52.8. The van der Waals surface area contributed by atoms with Crippen molar-refractivity contribution in [1.29, 1.82) is 5.41 Å². The van der Waals surface area contributed by atoms with Gasteiger partial charge in [-0.05, 0) is 85.1 Å². The molecule has 63 heavy (non-hydrogen) atoms. The van der Waals surface area contributed by atoms with Gasteiger partial charge in [0.2, 0.25) is 0 Å². The van der Waals surface area contributed by atoms with E-state index in [2.05, 4.69) is 56.8 Å². The van der Waals surface area contributed by atoms with E-state index in [-0.39, 0.29) is 13.2 Å². The van der Waals surface area contributed by atoms with Crippen LogP contribution in [0.25, 0.3) is 0 Å². The topological polar surface area (TPSA) is 141 Å². The molecule has 1 N–H and O–H groups in total. The Balaban J connectivity index is 0.000000212. The summed E-state index contributed by atoms with van der Waals surface area (Å²) in [4.78, 5) is 21.4. The molecular weight excluding hydrogens is 793 g/mol. The number of rotatable bonds is 9. The molecule has 6 aromatic rings.